The van der Waals surface area contributed by atoms with Crippen molar-refractivity contribution in [2.75, 3.05) is 13.1 Å². The van der Waals surface area contributed by atoms with Crippen molar-refractivity contribution in [3.05, 3.63) is 0 Å². The molecule has 4 aliphatic rings. The molecule has 0 aliphatic carbocycles. The van der Waals surface area contributed by atoms with Crippen LogP contribution in [0, 0.1) is 5.92 Å². The van der Waals surface area contributed by atoms with Crippen molar-refractivity contribution >= 4 is 18.4 Å². The first-order valence-corrected chi connectivity index (χ1v) is 6.64. The van der Waals surface area contributed by atoms with E-state index in [1.165, 1.54) is 0 Å². The summed E-state index contributed by atoms with van der Waals surface area (Å²) in [4.78, 5) is 24.0. The van der Waals surface area contributed by atoms with Crippen LogP contribution in [0.1, 0.15) is 19.8 Å². The standard InChI is InChI=1S/C11H16BNO5/c1-6-10(17-6)12(16)13-4-2-3-7(13)9(8(14)5-13)11(15)18-12/h6-7,9-10,16H,2-5H2,1H3/t6?,7-,9-,10?,12?,13?/m0/s1. The number of hydrogen-bond acceptors (Lipinski definition) is 5. The molecular weight excluding hydrogens is 237 g/mol. The van der Waals surface area contributed by atoms with Gasteiger partial charge < -0.3 is 18.8 Å². The Kier molecular flexibility index (Phi) is 1.81. The maximum atomic E-state index is 12.0. The fraction of sp³-hybridized carbons (Fsp3) is 0.818. The minimum atomic E-state index is -2.42. The molecule has 7 heteroatoms. The van der Waals surface area contributed by atoms with Gasteiger partial charge in [-0.3, -0.25) is 9.59 Å². The number of Topliss-reactive ketones (excluding diaryl/α,β-unsaturated/α-hetero) is 1. The first-order chi connectivity index (χ1) is 8.49. The molecular formula is C11H16BNO5. The maximum Gasteiger partial charge on any atom is 0.556 e. The Balaban J connectivity index is 1.85. The van der Waals surface area contributed by atoms with Crippen LogP contribution in [-0.2, 0) is 19.0 Å². The third-order valence-electron chi connectivity index (χ3n) is 5.38. The lowest BCUT2D eigenvalue weighted by Gasteiger charge is -2.55. The summed E-state index contributed by atoms with van der Waals surface area (Å²) in [5, 5.41) is 10.9. The summed E-state index contributed by atoms with van der Waals surface area (Å²) in [6.07, 6.45) is 1.65. The molecule has 4 unspecified atom stereocenters. The predicted molar refractivity (Wildman–Crippen MR) is 59.9 cm³/mol. The third-order valence-corrected chi connectivity index (χ3v) is 5.38. The molecule has 0 saturated carbocycles. The van der Waals surface area contributed by atoms with Gasteiger partial charge in [-0.25, -0.2) is 0 Å². The molecule has 2 bridgehead atoms. The SMILES string of the molecule is CC1OC1[B-]1(O)OC(=O)[C@@H]2C(=O)C[N+]13CCC[C@@H]23. The lowest BCUT2D eigenvalue weighted by molar-refractivity contribution is -0.850. The van der Waals surface area contributed by atoms with E-state index in [4.69, 9.17) is 9.39 Å². The highest BCUT2D eigenvalue weighted by Crippen LogP contribution is 2.51. The molecule has 98 valence electrons. The monoisotopic (exact) mass is 253 g/mol. The largest absolute Gasteiger partial charge is 0.613 e. The van der Waals surface area contributed by atoms with Crippen LogP contribution < -0.4 is 0 Å². The Hall–Kier alpha value is -0.915. The lowest BCUT2D eigenvalue weighted by atomic mass is 9.59. The molecule has 4 heterocycles. The number of ether oxygens (including phenoxy) is 1. The summed E-state index contributed by atoms with van der Waals surface area (Å²) in [5.41, 5.74) is 0. The van der Waals surface area contributed by atoms with Gasteiger partial charge in [0.1, 0.15) is 6.54 Å². The van der Waals surface area contributed by atoms with Crippen LogP contribution in [0.15, 0.2) is 0 Å². The summed E-state index contributed by atoms with van der Waals surface area (Å²) >= 11 is 0. The number of nitrogens with zero attached hydrogens (tertiary/aromatic N) is 1. The first-order valence-electron chi connectivity index (χ1n) is 6.64. The molecule has 0 aromatic rings. The van der Waals surface area contributed by atoms with Crippen LogP contribution in [0.3, 0.4) is 0 Å². The highest BCUT2D eigenvalue weighted by molar-refractivity contribution is 6.64. The van der Waals surface area contributed by atoms with Gasteiger partial charge in [0.2, 0.25) is 5.78 Å². The van der Waals surface area contributed by atoms with Gasteiger partial charge in [-0.15, -0.1) is 0 Å². The van der Waals surface area contributed by atoms with Gasteiger partial charge in [0.25, 0.3) is 5.97 Å². The molecule has 4 aliphatic heterocycles. The molecule has 4 saturated heterocycles. The van der Waals surface area contributed by atoms with Crippen LogP contribution in [-0.4, -0.2) is 59.1 Å². The van der Waals surface area contributed by atoms with Crippen LogP contribution in [0.5, 0.6) is 0 Å². The van der Waals surface area contributed by atoms with Gasteiger partial charge in [-0.2, -0.15) is 0 Å². The molecule has 4 rings (SSSR count). The van der Waals surface area contributed by atoms with Crippen molar-refractivity contribution in [2.24, 2.45) is 5.92 Å². The van der Waals surface area contributed by atoms with E-state index in [1.807, 2.05) is 6.92 Å². The zero-order valence-corrected chi connectivity index (χ0v) is 10.2. The smallest absolute Gasteiger partial charge is 0.556 e. The normalized spacial score (nSPS) is 57.4. The molecule has 18 heavy (non-hydrogen) atoms. The van der Waals surface area contributed by atoms with Crippen molar-refractivity contribution in [1.29, 1.82) is 0 Å². The Bertz CT molecular complexity index is 470. The fourth-order valence-corrected chi connectivity index (χ4v) is 4.53. The predicted octanol–water partition coefficient (Wildman–Crippen LogP) is -1.02. The first kappa shape index (κ1) is 11.0. The molecule has 4 fully saturated rings. The van der Waals surface area contributed by atoms with Crippen LogP contribution in [0.25, 0.3) is 0 Å². The van der Waals surface area contributed by atoms with E-state index in [9.17, 15) is 14.6 Å². The second-order valence-electron chi connectivity index (χ2n) is 6.14. The van der Waals surface area contributed by atoms with Gasteiger partial charge in [0.05, 0.1) is 18.1 Å². The van der Waals surface area contributed by atoms with Gasteiger partial charge in [0.15, 0.2) is 5.92 Å². The highest BCUT2D eigenvalue weighted by atomic mass is 16.7. The van der Waals surface area contributed by atoms with Crippen LogP contribution in [0.2, 0.25) is 0 Å². The third kappa shape index (κ3) is 0.986. The van der Waals surface area contributed by atoms with Gasteiger partial charge in [-0.1, -0.05) is 0 Å². The van der Waals surface area contributed by atoms with Gasteiger partial charge >= 0.3 is 6.69 Å². The Labute approximate surface area is 104 Å². The maximum absolute atomic E-state index is 12.0. The van der Waals surface area contributed by atoms with Crippen molar-refractivity contribution < 1.29 is 28.4 Å². The number of carbonyl (C=O) groups excluding carboxylic acids is 2. The van der Waals surface area contributed by atoms with E-state index < -0.39 is 24.6 Å². The zero-order chi connectivity index (χ0) is 12.7. The molecule has 6 atom stereocenters. The zero-order valence-electron chi connectivity index (χ0n) is 10.2. The number of hydrogen-bond donors (Lipinski definition) is 1. The van der Waals surface area contributed by atoms with Crippen molar-refractivity contribution in [3.63, 3.8) is 0 Å². The lowest BCUT2D eigenvalue weighted by Crippen LogP contribution is -2.77. The number of quaternary nitrogens is 1. The number of ketones is 1. The van der Waals surface area contributed by atoms with E-state index >= 15 is 0 Å². The van der Waals surface area contributed by atoms with Crippen LogP contribution in [0.4, 0.5) is 0 Å². The average Bonchev–Trinajstić information content (AvgIpc) is 2.78. The minimum Gasteiger partial charge on any atom is -0.613 e. The molecule has 6 nitrogen and oxygen atoms in total. The van der Waals surface area contributed by atoms with Gasteiger partial charge in [-0.05, 0) is 13.3 Å². The summed E-state index contributed by atoms with van der Waals surface area (Å²) in [5.74, 6) is -1.26. The van der Waals surface area contributed by atoms with Crippen molar-refractivity contribution in [1.82, 2.24) is 0 Å². The van der Waals surface area contributed by atoms with Crippen LogP contribution >= 0.6 is 0 Å². The van der Waals surface area contributed by atoms with E-state index in [-0.39, 0.29) is 28.9 Å². The van der Waals surface area contributed by atoms with E-state index in [0.717, 1.165) is 12.8 Å². The fourth-order valence-electron chi connectivity index (χ4n) is 4.53. The van der Waals surface area contributed by atoms with Crippen molar-refractivity contribution in [3.8, 4) is 0 Å². The Morgan fingerprint density at radius 1 is 1.44 bits per heavy atom. The summed E-state index contributed by atoms with van der Waals surface area (Å²) in [6.45, 7) is 0.368. The van der Waals surface area contributed by atoms with E-state index in [2.05, 4.69) is 0 Å². The second-order valence-corrected chi connectivity index (χ2v) is 6.14. The topological polar surface area (TPSA) is 76.1 Å². The molecule has 0 radical (unpaired) electrons. The van der Waals surface area contributed by atoms with Gasteiger partial charge in [0, 0.05) is 13.0 Å². The molecule has 0 aromatic heterocycles. The number of carbonyl (C=O) groups is 2. The molecule has 1 N–H and O–H groups in total. The average molecular weight is 253 g/mol. The quantitative estimate of drug-likeness (QED) is 0.367. The Morgan fingerprint density at radius 2 is 2.17 bits per heavy atom. The number of epoxide rings is 1. The van der Waals surface area contributed by atoms with E-state index in [1.54, 1.807) is 0 Å². The molecule has 0 spiro atoms. The summed E-state index contributed by atoms with van der Waals surface area (Å²) < 4.78 is 11.0. The van der Waals surface area contributed by atoms with E-state index in [0.29, 0.717) is 6.54 Å². The summed E-state index contributed by atoms with van der Waals surface area (Å²) in [6, 6.07) is -0.512. The Morgan fingerprint density at radius 3 is 2.83 bits per heavy atom. The summed E-state index contributed by atoms with van der Waals surface area (Å²) in [7, 11) is 0. The second kappa shape index (κ2) is 2.97. The number of rotatable bonds is 1. The molecule has 0 aromatic carbocycles. The highest BCUT2D eigenvalue weighted by Gasteiger charge is 2.76. The minimum absolute atomic E-state index is 0.0733. The molecule has 0 amide bonds. The van der Waals surface area contributed by atoms with Crippen molar-refractivity contribution in [2.45, 2.75) is 37.9 Å².